The molecule has 0 aromatic heterocycles. The number of unbranched alkanes of at least 4 members (excludes halogenated alkanes) is 1. The molecule has 0 radical (unpaired) electrons. The highest BCUT2D eigenvalue weighted by atomic mass is 16.4. The van der Waals surface area contributed by atoms with E-state index in [1.165, 1.54) is 0 Å². The molecule has 0 bridgehead atoms. The fourth-order valence-corrected chi connectivity index (χ4v) is 1.84. The first kappa shape index (κ1) is 18.3. The Morgan fingerprint density at radius 2 is 1.40 bits per heavy atom. The van der Waals surface area contributed by atoms with Crippen LogP contribution < -0.4 is 0 Å². The fourth-order valence-electron chi connectivity index (χ4n) is 1.84. The number of hydrogen-bond acceptors (Lipinski definition) is 5. The summed E-state index contributed by atoms with van der Waals surface area (Å²) in [5.74, 6) is -4.49. The number of rotatable bonds is 11. The molecule has 0 rings (SSSR count). The van der Waals surface area contributed by atoms with E-state index in [9.17, 15) is 19.5 Å². The van der Waals surface area contributed by atoms with Crippen molar-refractivity contribution >= 4 is 17.9 Å². The van der Waals surface area contributed by atoms with Gasteiger partial charge in [0, 0.05) is 6.42 Å². The van der Waals surface area contributed by atoms with Gasteiger partial charge in [0.1, 0.15) is 0 Å². The van der Waals surface area contributed by atoms with Crippen LogP contribution in [0, 0.1) is 5.92 Å². The van der Waals surface area contributed by atoms with E-state index >= 15 is 0 Å². The van der Waals surface area contributed by atoms with Gasteiger partial charge in [0.25, 0.3) is 0 Å². The van der Waals surface area contributed by atoms with Crippen LogP contribution in [0.25, 0.3) is 0 Å². The highest BCUT2D eigenvalue weighted by Crippen LogP contribution is 2.21. The van der Waals surface area contributed by atoms with Crippen molar-refractivity contribution < 1.29 is 39.9 Å². The van der Waals surface area contributed by atoms with Gasteiger partial charge in [-0.1, -0.05) is 6.42 Å². The van der Waals surface area contributed by atoms with Gasteiger partial charge >= 0.3 is 17.9 Å². The fraction of sp³-hybridized carbons (Fsp3) is 0.750. The number of carbonyl (C=O) groups is 3. The molecule has 0 heterocycles. The predicted octanol–water partition coefficient (Wildman–Crippen LogP) is -0.0812. The van der Waals surface area contributed by atoms with Crippen LogP contribution in [0.4, 0.5) is 0 Å². The Bertz CT molecular complexity index is 340. The van der Waals surface area contributed by atoms with Crippen molar-refractivity contribution in [1.29, 1.82) is 0 Å². The summed E-state index contributed by atoms with van der Waals surface area (Å²) in [6.07, 6.45) is -2.42. The molecule has 3 atom stereocenters. The molecule has 0 saturated heterocycles. The van der Waals surface area contributed by atoms with Crippen molar-refractivity contribution in [1.82, 2.24) is 0 Å². The molecule has 0 aliphatic carbocycles. The third-order valence-corrected chi connectivity index (χ3v) is 3.01. The lowest BCUT2D eigenvalue weighted by molar-refractivity contribution is -0.150. The number of aliphatic hydroxyl groups excluding tert-OH is 2. The van der Waals surface area contributed by atoms with Crippen LogP contribution in [0.1, 0.15) is 38.5 Å². The van der Waals surface area contributed by atoms with E-state index in [4.69, 9.17) is 20.4 Å². The highest BCUT2D eigenvalue weighted by molar-refractivity contribution is 5.73. The van der Waals surface area contributed by atoms with Crippen molar-refractivity contribution in [3.63, 3.8) is 0 Å². The molecule has 116 valence electrons. The standard InChI is InChI=1S/C12H20O8/c13-8(11(17)18)6-5-7(10(16)12(19)20)3-1-2-4-9(14)15/h7-8,10,13,16H,1-6H2,(H,14,15)(H,17,18)(H,19,20). The van der Waals surface area contributed by atoms with Crippen LogP contribution >= 0.6 is 0 Å². The lowest BCUT2D eigenvalue weighted by Gasteiger charge is -2.20. The van der Waals surface area contributed by atoms with Crippen LogP contribution in [-0.2, 0) is 14.4 Å². The molecule has 0 aromatic carbocycles. The SMILES string of the molecule is O=C(O)CCCCC(CCC(O)C(=O)O)C(O)C(=O)O. The normalized spacial score (nSPS) is 15.3. The molecule has 0 aliphatic heterocycles. The molecule has 8 nitrogen and oxygen atoms in total. The number of aliphatic hydroxyl groups is 2. The lowest BCUT2D eigenvalue weighted by Crippen LogP contribution is -2.31. The summed E-state index contributed by atoms with van der Waals surface area (Å²) in [4.78, 5) is 31.5. The Labute approximate surface area is 115 Å². The zero-order valence-corrected chi connectivity index (χ0v) is 10.9. The molecule has 0 amide bonds. The van der Waals surface area contributed by atoms with Gasteiger partial charge in [-0.05, 0) is 31.6 Å². The maximum Gasteiger partial charge on any atom is 0.332 e. The van der Waals surface area contributed by atoms with Crippen LogP contribution in [0.2, 0.25) is 0 Å². The zero-order valence-electron chi connectivity index (χ0n) is 10.9. The number of hydrogen-bond donors (Lipinski definition) is 5. The molecule has 8 heteroatoms. The van der Waals surface area contributed by atoms with Gasteiger partial charge in [0.15, 0.2) is 12.2 Å². The van der Waals surface area contributed by atoms with Crippen molar-refractivity contribution in [2.24, 2.45) is 5.92 Å². The molecule has 0 saturated carbocycles. The quantitative estimate of drug-likeness (QED) is 0.331. The number of aliphatic carboxylic acids is 3. The zero-order chi connectivity index (χ0) is 15.7. The minimum atomic E-state index is -1.65. The molecule has 0 fully saturated rings. The summed E-state index contributed by atoms with van der Waals surface area (Å²) in [7, 11) is 0. The van der Waals surface area contributed by atoms with Gasteiger partial charge in [0.05, 0.1) is 0 Å². The van der Waals surface area contributed by atoms with Gasteiger partial charge in [-0.15, -0.1) is 0 Å². The third-order valence-electron chi connectivity index (χ3n) is 3.01. The number of carboxylic acids is 3. The molecule has 0 spiro atoms. The molecule has 0 aliphatic rings. The minimum absolute atomic E-state index is 0.0357. The van der Waals surface area contributed by atoms with E-state index in [1.807, 2.05) is 0 Å². The second-order valence-electron chi connectivity index (χ2n) is 4.61. The van der Waals surface area contributed by atoms with Crippen molar-refractivity contribution in [3.8, 4) is 0 Å². The van der Waals surface area contributed by atoms with Gasteiger partial charge < -0.3 is 25.5 Å². The van der Waals surface area contributed by atoms with E-state index in [-0.39, 0.29) is 25.7 Å². The van der Waals surface area contributed by atoms with Crippen LogP contribution in [0.15, 0.2) is 0 Å². The molecular weight excluding hydrogens is 272 g/mol. The first-order valence-electron chi connectivity index (χ1n) is 6.29. The summed E-state index contributed by atoms with van der Waals surface area (Å²) >= 11 is 0. The first-order chi connectivity index (χ1) is 9.25. The molecule has 5 N–H and O–H groups in total. The summed E-state index contributed by atoms with van der Waals surface area (Å²) in [6, 6.07) is 0. The Morgan fingerprint density at radius 1 is 0.800 bits per heavy atom. The van der Waals surface area contributed by atoms with Gasteiger partial charge in [-0.3, -0.25) is 4.79 Å². The predicted molar refractivity (Wildman–Crippen MR) is 66.1 cm³/mol. The molecule has 0 aromatic rings. The minimum Gasteiger partial charge on any atom is -0.481 e. The van der Waals surface area contributed by atoms with Crippen molar-refractivity contribution in [2.75, 3.05) is 0 Å². The Morgan fingerprint density at radius 3 is 1.85 bits per heavy atom. The second kappa shape index (κ2) is 9.27. The molecule has 3 unspecified atom stereocenters. The van der Waals surface area contributed by atoms with E-state index in [1.54, 1.807) is 0 Å². The van der Waals surface area contributed by atoms with Crippen molar-refractivity contribution in [2.45, 2.75) is 50.7 Å². The first-order valence-corrected chi connectivity index (χ1v) is 6.29. The summed E-state index contributed by atoms with van der Waals surface area (Å²) in [6.45, 7) is 0. The van der Waals surface area contributed by atoms with Crippen LogP contribution in [-0.4, -0.2) is 55.6 Å². The summed E-state index contributed by atoms with van der Waals surface area (Å²) < 4.78 is 0. The van der Waals surface area contributed by atoms with E-state index in [0.29, 0.717) is 12.8 Å². The van der Waals surface area contributed by atoms with Gasteiger partial charge in [-0.25, -0.2) is 9.59 Å². The van der Waals surface area contributed by atoms with E-state index in [2.05, 4.69) is 0 Å². The maximum absolute atomic E-state index is 10.7. The summed E-state index contributed by atoms with van der Waals surface area (Å²) in [5.41, 5.74) is 0. The average molecular weight is 292 g/mol. The molecule has 20 heavy (non-hydrogen) atoms. The summed E-state index contributed by atoms with van der Waals surface area (Å²) in [5, 5.41) is 44.4. The molecular formula is C12H20O8. The maximum atomic E-state index is 10.7. The Balaban J connectivity index is 4.31. The van der Waals surface area contributed by atoms with Crippen molar-refractivity contribution in [3.05, 3.63) is 0 Å². The van der Waals surface area contributed by atoms with E-state index < -0.39 is 36.0 Å². The van der Waals surface area contributed by atoms with Gasteiger partial charge in [-0.2, -0.15) is 0 Å². The average Bonchev–Trinajstić information content (AvgIpc) is 2.36. The van der Waals surface area contributed by atoms with Crippen LogP contribution in [0.5, 0.6) is 0 Å². The lowest BCUT2D eigenvalue weighted by atomic mass is 9.90. The third kappa shape index (κ3) is 7.70. The topological polar surface area (TPSA) is 152 Å². The van der Waals surface area contributed by atoms with Crippen LogP contribution in [0.3, 0.4) is 0 Å². The monoisotopic (exact) mass is 292 g/mol. The highest BCUT2D eigenvalue weighted by Gasteiger charge is 2.27. The smallest absolute Gasteiger partial charge is 0.332 e. The largest absolute Gasteiger partial charge is 0.481 e. The van der Waals surface area contributed by atoms with Gasteiger partial charge in [0.2, 0.25) is 0 Å². The number of carboxylic acid groups (broad SMARTS) is 3. The Hall–Kier alpha value is -1.67. The Kier molecular flexibility index (Phi) is 8.49. The second-order valence-corrected chi connectivity index (χ2v) is 4.61. The van der Waals surface area contributed by atoms with E-state index in [0.717, 1.165) is 0 Å².